The molecule has 0 spiro atoms. The van der Waals surface area contributed by atoms with E-state index >= 15 is 0 Å². The van der Waals surface area contributed by atoms with Crippen LogP contribution in [0.5, 0.6) is 0 Å². The van der Waals surface area contributed by atoms with Crippen molar-refractivity contribution in [2.75, 3.05) is 33.0 Å². The van der Waals surface area contributed by atoms with Crippen LogP contribution in [-0.2, 0) is 22.1 Å². The molecule has 1 atom stereocenters. The van der Waals surface area contributed by atoms with Crippen LogP contribution in [-0.4, -0.2) is 51.1 Å². The molecule has 1 fully saturated rings. The molecule has 0 bridgehead atoms. The highest BCUT2D eigenvalue weighted by Crippen LogP contribution is 2.37. The van der Waals surface area contributed by atoms with Gasteiger partial charge in [-0.05, 0) is 40.5 Å². The van der Waals surface area contributed by atoms with Crippen LogP contribution >= 0.6 is 0 Å². The van der Waals surface area contributed by atoms with Gasteiger partial charge in [-0.1, -0.05) is 82.2 Å². The molecule has 0 saturated heterocycles. The standard InChI is InChI=1S/C14H30O2Si.C12H20O3Si/c1-4-14(17(15-5-2)16-6-3)13-11-9-7-8-10-12-13;1-4-13-16(14-5-2,15-6-3)12-10-8-7-9-11-12/h13-14,17H,4-12H2,1-3H3;7-11H,4-6H2,1-3H3. The predicted octanol–water partition coefficient (Wildman–Crippen LogP) is 5.97. The van der Waals surface area contributed by atoms with Gasteiger partial charge in [0.2, 0.25) is 0 Å². The highest BCUT2D eigenvalue weighted by atomic mass is 28.4. The number of rotatable bonds is 14. The summed E-state index contributed by atoms with van der Waals surface area (Å²) in [7, 11) is -4.11. The van der Waals surface area contributed by atoms with Crippen LogP contribution in [0.4, 0.5) is 0 Å². The fraction of sp³-hybridized carbons (Fsp3) is 0.769. The molecule has 0 amide bonds. The minimum atomic E-state index is -2.67. The fourth-order valence-electron chi connectivity index (χ4n) is 4.70. The molecule has 0 aliphatic heterocycles. The maximum Gasteiger partial charge on any atom is 0.537 e. The van der Waals surface area contributed by atoms with E-state index in [4.69, 9.17) is 22.1 Å². The van der Waals surface area contributed by atoms with Gasteiger partial charge in [-0.25, -0.2) is 0 Å². The van der Waals surface area contributed by atoms with Gasteiger partial charge in [-0.15, -0.1) is 0 Å². The molecule has 0 N–H and O–H groups in total. The quantitative estimate of drug-likeness (QED) is 0.233. The van der Waals surface area contributed by atoms with E-state index in [-0.39, 0.29) is 0 Å². The summed E-state index contributed by atoms with van der Waals surface area (Å²) < 4.78 is 29.3. The van der Waals surface area contributed by atoms with Gasteiger partial charge in [0, 0.05) is 43.8 Å². The van der Waals surface area contributed by atoms with E-state index in [1.807, 2.05) is 51.1 Å². The van der Waals surface area contributed by atoms with Gasteiger partial charge < -0.3 is 22.1 Å². The van der Waals surface area contributed by atoms with Crippen molar-refractivity contribution < 1.29 is 22.1 Å². The van der Waals surface area contributed by atoms with Gasteiger partial charge >= 0.3 is 18.1 Å². The topological polar surface area (TPSA) is 46.2 Å². The Hall–Kier alpha value is -0.546. The number of hydrogen-bond acceptors (Lipinski definition) is 5. The Labute approximate surface area is 206 Å². The monoisotopic (exact) mass is 498 g/mol. The molecule has 0 heterocycles. The molecule has 0 radical (unpaired) electrons. The lowest BCUT2D eigenvalue weighted by Crippen LogP contribution is -2.56. The van der Waals surface area contributed by atoms with E-state index in [0.29, 0.717) is 19.8 Å². The first-order valence-corrected chi connectivity index (χ1v) is 16.7. The van der Waals surface area contributed by atoms with Crippen LogP contribution < -0.4 is 5.19 Å². The molecule has 5 nitrogen and oxygen atoms in total. The molecule has 1 aromatic carbocycles. The zero-order valence-corrected chi connectivity index (χ0v) is 24.3. The smallest absolute Gasteiger partial charge is 0.397 e. The Morgan fingerprint density at radius 3 is 1.61 bits per heavy atom. The summed E-state index contributed by atoms with van der Waals surface area (Å²) in [5.41, 5.74) is 0.730. The first kappa shape index (κ1) is 30.5. The third-order valence-electron chi connectivity index (χ3n) is 6.12. The molecule has 1 aliphatic rings. The lowest BCUT2D eigenvalue weighted by Gasteiger charge is -2.30. The van der Waals surface area contributed by atoms with Gasteiger partial charge in [-0.2, -0.15) is 0 Å². The van der Waals surface area contributed by atoms with Crippen molar-refractivity contribution in [3.63, 3.8) is 0 Å². The van der Waals surface area contributed by atoms with Gasteiger partial charge in [0.25, 0.3) is 0 Å². The number of hydrogen-bond donors (Lipinski definition) is 0. The minimum absolute atomic E-state index is 0.598. The Morgan fingerprint density at radius 2 is 1.21 bits per heavy atom. The Kier molecular flexibility index (Phi) is 17.3. The van der Waals surface area contributed by atoms with Crippen LogP contribution in [0.3, 0.4) is 0 Å². The van der Waals surface area contributed by atoms with E-state index in [1.165, 1.54) is 44.9 Å². The second-order valence-corrected chi connectivity index (χ2v) is 13.1. The summed E-state index contributed by atoms with van der Waals surface area (Å²) in [5, 5.41) is 1.03. The summed E-state index contributed by atoms with van der Waals surface area (Å²) in [5.74, 6) is 0.872. The predicted molar refractivity (Wildman–Crippen MR) is 142 cm³/mol. The van der Waals surface area contributed by atoms with Crippen LogP contribution in [0.15, 0.2) is 30.3 Å². The first-order chi connectivity index (χ1) is 16.1. The van der Waals surface area contributed by atoms with Crippen LogP contribution in [0.2, 0.25) is 5.54 Å². The zero-order chi connectivity index (χ0) is 24.4. The molecular formula is C26H50O5Si2. The van der Waals surface area contributed by atoms with Crippen molar-refractivity contribution in [1.82, 2.24) is 0 Å². The molecule has 1 aromatic rings. The van der Waals surface area contributed by atoms with Gasteiger partial charge in [0.05, 0.1) is 0 Å². The second-order valence-electron chi connectivity index (χ2n) is 8.32. The summed E-state index contributed by atoms with van der Waals surface area (Å²) in [6.07, 6.45) is 9.75. The molecule has 1 aliphatic carbocycles. The lowest BCUT2D eigenvalue weighted by atomic mass is 9.95. The average Bonchev–Trinajstić information content (AvgIpc) is 3.11. The van der Waals surface area contributed by atoms with Gasteiger partial charge in [0.15, 0.2) is 0 Å². The van der Waals surface area contributed by atoms with E-state index in [9.17, 15) is 0 Å². The molecule has 1 unspecified atom stereocenters. The Balaban J connectivity index is 0.000000331. The largest absolute Gasteiger partial charge is 0.537 e. The summed E-state index contributed by atoms with van der Waals surface area (Å²) >= 11 is 0. The van der Waals surface area contributed by atoms with E-state index in [0.717, 1.165) is 29.9 Å². The zero-order valence-electron chi connectivity index (χ0n) is 22.1. The van der Waals surface area contributed by atoms with Gasteiger partial charge in [-0.3, -0.25) is 0 Å². The molecular weight excluding hydrogens is 448 g/mol. The van der Waals surface area contributed by atoms with Crippen LogP contribution in [0.1, 0.15) is 86.5 Å². The molecule has 1 saturated carbocycles. The van der Waals surface area contributed by atoms with Crippen LogP contribution in [0.25, 0.3) is 0 Å². The highest BCUT2D eigenvalue weighted by molar-refractivity contribution is 6.75. The van der Waals surface area contributed by atoms with E-state index < -0.39 is 18.1 Å². The SMILES string of the molecule is CCO[SiH](OCC)C(CC)C1CCCCCC1.CCO[Si](OCC)(OCC)c1ccccc1. The van der Waals surface area contributed by atoms with Crippen molar-refractivity contribution in [2.45, 2.75) is 92.0 Å². The van der Waals surface area contributed by atoms with Gasteiger partial charge in [0.1, 0.15) is 0 Å². The molecule has 2 rings (SSSR count). The maximum absolute atomic E-state index is 5.95. The fourth-order valence-corrected chi connectivity index (χ4v) is 9.65. The molecule has 0 aromatic heterocycles. The molecule has 192 valence electrons. The van der Waals surface area contributed by atoms with Crippen molar-refractivity contribution in [3.8, 4) is 0 Å². The minimum Gasteiger partial charge on any atom is -0.397 e. The summed E-state index contributed by atoms with van der Waals surface area (Å²) in [4.78, 5) is 0. The Bertz CT molecular complexity index is 542. The van der Waals surface area contributed by atoms with Crippen molar-refractivity contribution >= 4 is 23.3 Å². The van der Waals surface area contributed by atoms with Crippen LogP contribution in [0, 0.1) is 5.92 Å². The number of benzene rings is 1. The third-order valence-corrected chi connectivity index (χ3v) is 12.2. The molecule has 33 heavy (non-hydrogen) atoms. The third kappa shape index (κ3) is 10.7. The van der Waals surface area contributed by atoms with E-state index in [1.54, 1.807) is 0 Å². The lowest BCUT2D eigenvalue weighted by molar-refractivity contribution is 0.0859. The second kappa shape index (κ2) is 18.7. The summed E-state index contributed by atoms with van der Waals surface area (Å²) in [6.45, 7) is 15.8. The average molecular weight is 499 g/mol. The summed E-state index contributed by atoms with van der Waals surface area (Å²) in [6, 6.07) is 9.95. The Morgan fingerprint density at radius 1 is 0.727 bits per heavy atom. The first-order valence-electron chi connectivity index (χ1n) is 13.3. The normalized spacial score (nSPS) is 16.2. The maximum atomic E-state index is 5.95. The molecule has 7 heteroatoms. The van der Waals surface area contributed by atoms with Crippen molar-refractivity contribution in [2.24, 2.45) is 5.92 Å². The van der Waals surface area contributed by atoms with Crippen molar-refractivity contribution in [3.05, 3.63) is 30.3 Å². The highest BCUT2D eigenvalue weighted by Gasteiger charge is 2.42. The van der Waals surface area contributed by atoms with Crippen molar-refractivity contribution in [1.29, 1.82) is 0 Å². The van der Waals surface area contributed by atoms with E-state index in [2.05, 4.69) is 20.8 Å².